The van der Waals surface area contributed by atoms with E-state index in [1.54, 1.807) is 0 Å². The van der Waals surface area contributed by atoms with Gasteiger partial charge in [-0.05, 0) is 50.1 Å². The molecule has 2 aliphatic rings. The minimum Gasteiger partial charge on any atom is -0.343 e. The first-order chi connectivity index (χ1) is 15.6. The number of aromatic nitrogens is 2. The van der Waals surface area contributed by atoms with Crippen molar-refractivity contribution < 1.29 is 18.3 Å². The summed E-state index contributed by atoms with van der Waals surface area (Å²) in [5, 5.41) is 0. The summed E-state index contributed by atoms with van der Waals surface area (Å²) in [5.74, 6) is -2.40. The molecule has 8 heteroatoms. The zero-order chi connectivity index (χ0) is 22.1. The van der Waals surface area contributed by atoms with Gasteiger partial charge in [-0.3, -0.25) is 4.57 Å². The van der Waals surface area contributed by atoms with E-state index in [0.717, 1.165) is 56.0 Å². The van der Waals surface area contributed by atoms with Crippen molar-refractivity contribution in [1.82, 2.24) is 14.5 Å². The summed E-state index contributed by atoms with van der Waals surface area (Å²) in [4.78, 5) is 17.8. The molecule has 170 valence electrons. The van der Waals surface area contributed by atoms with E-state index in [1.165, 1.54) is 12.1 Å². The number of imidazole rings is 1. The number of hydrogen-bond donors (Lipinski definition) is 1. The Morgan fingerprint density at radius 2 is 1.81 bits per heavy atom. The number of para-hydroxylation sites is 2. The highest BCUT2D eigenvalue weighted by molar-refractivity contribution is 5.75. The first kappa shape index (κ1) is 21.3. The third-order valence-corrected chi connectivity index (χ3v) is 6.62. The van der Waals surface area contributed by atoms with Gasteiger partial charge in [-0.25, -0.2) is 13.6 Å². The molecule has 0 radical (unpaired) electrons. The number of aromatic amines is 1. The van der Waals surface area contributed by atoms with Gasteiger partial charge in [-0.2, -0.15) is 0 Å². The van der Waals surface area contributed by atoms with Crippen LogP contribution in [0.15, 0.2) is 47.3 Å². The second-order valence-electron chi connectivity index (χ2n) is 8.57. The number of nitrogens with zero attached hydrogens (tertiary/aromatic N) is 2. The number of likely N-dealkylation sites (tertiary alicyclic amines) is 1. The molecule has 3 aromatic rings. The summed E-state index contributed by atoms with van der Waals surface area (Å²) in [5.41, 5.74) is 2.03. The lowest BCUT2D eigenvalue weighted by Gasteiger charge is -2.34. The molecule has 0 atom stereocenters. The predicted molar refractivity (Wildman–Crippen MR) is 116 cm³/mol. The van der Waals surface area contributed by atoms with Crippen LogP contribution in [0.3, 0.4) is 0 Å². The van der Waals surface area contributed by atoms with E-state index < -0.39 is 17.4 Å². The van der Waals surface area contributed by atoms with Crippen molar-refractivity contribution in [1.29, 1.82) is 0 Å². The molecule has 2 fully saturated rings. The fourth-order valence-electron chi connectivity index (χ4n) is 5.06. The first-order valence-electron chi connectivity index (χ1n) is 11.2. The minimum atomic E-state index is -1.15. The van der Waals surface area contributed by atoms with Crippen LogP contribution in [0.5, 0.6) is 0 Å². The van der Waals surface area contributed by atoms with Crippen LogP contribution in [0.25, 0.3) is 11.0 Å². The van der Waals surface area contributed by atoms with Crippen LogP contribution >= 0.6 is 0 Å². The molecule has 6 nitrogen and oxygen atoms in total. The van der Waals surface area contributed by atoms with Gasteiger partial charge in [0.05, 0.1) is 24.2 Å². The third-order valence-electron chi connectivity index (χ3n) is 6.62. The Morgan fingerprint density at radius 1 is 1.06 bits per heavy atom. The Balaban J connectivity index is 1.20. The maximum Gasteiger partial charge on any atom is 0.326 e. The van der Waals surface area contributed by atoms with Crippen LogP contribution in [0.4, 0.5) is 8.78 Å². The number of fused-ring (bicyclic) bond motifs is 1. The maximum absolute atomic E-state index is 14.4. The van der Waals surface area contributed by atoms with Crippen LogP contribution in [-0.4, -0.2) is 47.3 Å². The number of rotatable bonds is 6. The van der Waals surface area contributed by atoms with Gasteiger partial charge in [-0.15, -0.1) is 0 Å². The molecule has 3 heterocycles. The molecule has 5 rings (SSSR count). The average Bonchev–Trinajstić information content (AvgIpc) is 3.38. The van der Waals surface area contributed by atoms with Gasteiger partial charge in [-0.1, -0.05) is 12.1 Å². The summed E-state index contributed by atoms with van der Waals surface area (Å²) in [7, 11) is 0. The highest BCUT2D eigenvalue weighted by Gasteiger charge is 2.40. The summed E-state index contributed by atoms with van der Waals surface area (Å²) in [6.45, 7) is 3.38. The monoisotopic (exact) mass is 443 g/mol. The Hall–Kier alpha value is -2.55. The average molecular weight is 443 g/mol. The van der Waals surface area contributed by atoms with Crippen molar-refractivity contribution in [2.75, 3.05) is 32.8 Å². The molecule has 1 N–H and O–H groups in total. The van der Waals surface area contributed by atoms with Gasteiger partial charge in [0.2, 0.25) is 0 Å². The summed E-state index contributed by atoms with van der Waals surface area (Å²) in [6, 6.07) is 11.5. The lowest BCUT2D eigenvalue weighted by atomic mass is 9.98. The van der Waals surface area contributed by atoms with Crippen molar-refractivity contribution in [3.8, 4) is 0 Å². The molecular formula is C24H27F2N3O3. The SMILES string of the molecule is O=c1[nH]c2ccccc2n1C1CCN(CCCC2(c3ccc(F)cc3F)OCCO2)CC1. The van der Waals surface area contributed by atoms with Gasteiger partial charge in [0.1, 0.15) is 11.6 Å². The molecule has 0 saturated carbocycles. The zero-order valence-corrected chi connectivity index (χ0v) is 17.9. The Bertz CT molecular complexity index is 1140. The lowest BCUT2D eigenvalue weighted by molar-refractivity contribution is -0.174. The number of hydrogen-bond acceptors (Lipinski definition) is 4. The van der Waals surface area contributed by atoms with Gasteiger partial charge in [0, 0.05) is 37.2 Å². The van der Waals surface area contributed by atoms with Gasteiger partial charge >= 0.3 is 5.69 Å². The standard InChI is InChI=1S/C24H27F2N3O3/c25-17-6-7-19(20(26)16-17)24(31-14-15-32-24)10-3-11-28-12-8-18(9-13-28)29-22-5-2-1-4-21(22)27-23(29)30/h1-2,4-7,16,18H,3,8-15H2,(H,27,30). The van der Waals surface area contributed by atoms with Crippen molar-refractivity contribution in [3.63, 3.8) is 0 Å². The molecule has 0 unspecified atom stereocenters. The summed E-state index contributed by atoms with van der Waals surface area (Å²) >= 11 is 0. The maximum atomic E-state index is 14.4. The number of H-pyrrole nitrogens is 1. The smallest absolute Gasteiger partial charge is 0.326 e. The van der Waals surface area contributed by atoms with Crippen molar-refractivity contribution >= 4 is 11.0 Å². The van der Waals surface area contributed by atoms with E-state index in [-0.39, 0.29) is 17.3 Å². The number of nitrogens with one attached hydrogen (secondary N) is 1. The molecule has 2 saturated heterocycles. The van der Waals surface area contributed by atoms with Crippen molar-refractivity contribution in [3.05, 3.63) is 70.1 Å². The Morgan fingerprint density at radius 3 is 2.56 bits per heavy atom. The van der Waals surface area contributed by atoms with Crippen LogP contribution in [0.2, 0.25) is 0 Å². The lowest BCUT2D eigenvalue weighted by Crippen LogP contribution is -2.38. The molecule has 32 heavy (non-hydrogen) atoms. The minimum absolute atomic E-state index is 0.0524. The topological polar surface area (TPSA) is 59.5 Å². The molecule has 2 aliphatic heterocycles. The highest BCUT2D eigenvalue weighted by Crippen LogP contribution is 2.38. The Labute approximate surface area is 184 Å². The fourth-order valence-corrected chi connectivity index (χ4v) is 5.06. The third kappa shape index (κ3) is 3.98. The van der Waals surface area contributed by atoms with Crippen LogP contribution in [0.1, 0.15) is 37.3 Å². The largest absolute Gasteiger partial charge is 0.343 e. The molecule has 0 amide bonds. The Kier molecular flexibility index (Phi) is 5.84. The fraction of sp³-hybridized carbons (Fsp3) is 0.458. The van der Waals surface area contributed by atoms with E-state index in [0.29, 0.717) is 19.6 Å². The van der Waals surface area contributed by atoms with Gasteiger partial charge in [0.25, 0.3) is 0 Å². The highest BCUT2D eigenvalue weighted by atomic mass is 19.1. The van der Waals surface area contributed by atoms with E-state index in [2.05, 4.69) is 9.88 Å². The van der Waals surface area contributed by atoms with Gasteiger partial charge in [0.15, 0.2) is 5.79 Å². The van der Waals surface area contributed by atoms with Crippen molar-refractivity contribution in [2.45, 2.75) is 37.5 Å². The molecule has 0 bridgehead atoms. The van der Waals surface area contributed by atoms with Crippen LogP contribution < -0.4 is 5.69 Å². The van der Waals surface area contributed by atoms with E-state index >= 15 is 0 Å². The van der Waals surface area contributed by atoms with Crippen LogP contribution in [0, 0.1) is 11.6 Å². The number of halogens is 2. The van der Waals surface area contributed by atoms with Gasteiger partial charge < -0.3 is 19.4 Å². The normalized spacial score (nSPS) is 19.7. The summed E-state index contributed by atoms with van der Waals surface area (Å²) in [6.07, 6.45) is 3.05. The number of ether oxygens (including phenoxy) is 2. The molecular weight excluding hydrogens is 416 g/mol. The number of benzene rings is 2. The van der Waals surface area contributed by atoms with Crippen molar-refractivity contribution in [2.24, 2.45) is 0 Å². The summed E-state index contributed by atoms with van der Waals surface area (Å²) < 4.78 is 41.3. The molecule has 0 spiro atoms. The molecule has 1 aromatic heterocycles. The quantitative estimate of drug-likeness (QED) is 0.627. The van der Waals surface area contributed by atoms with Crippen LogP contribution in [-0.2, 0) is 15.3 Å². The molecule has 2 aromatic carbocycles. The second-order valence-corrected chi connectivity index (χ2v) is 8.57. The number of piperidine rings is 1. The second kappa shape index (κ2) is 8.77. The molecule has 0 aliphatic carbocycles. The zero-order valence-electron chi connectivity index (χ0n) is 17.9. The first-order valence-corrected chi connectivity index (χ1v) is 11.2. The van der Waals surface area contributed by atoms with E-state index in [1.807, 2.05) is 28.8 Å². The van der Waals surface area contributed by atoms with E-state index in [9.17, 15) is 13.6 Å². The predicted octanol–water partition coefficient (Wildman–Crippen LogP) is 3.92. The van der Waals surface area contributed by atoms with E-state index in [4.69, 9.17) is 9.47 Å².